The lowest BCUT2D eigenvalue weighted by Gasteiger charge is -2.38. The van der Waals surface area contributed by atoms with Crippen molar-refractivity contribution in [3.8, 4) is 0 Å². The van der Waals surface area contributed by atoms with E-state index in [0.29, 0.717) is 5.91 Å². The van der Waals surface area contributed by atoms with Crippen LogP contribution < -0.4 is 4.90 Å². The summed E-state index contributed by atoms with van der Waals surface area (Å²) >= 11 is 0. The molecule has 8 heteroatoms. The van der Waals surface area contributed by atoms with E-state index in [2.05, 4.69) is 24.9 Å². The van der Waals surface area contributed by atoms with Crippen LogP contribution in [0, 0.1) is 12.8 Å². The van der Waals surface area contributed by atoms with Gasteiger partial charge in [-0.05, 0) is 19.8 Å². The maximum atomic E-state index is 12.9. The van der Waals surface area contributed by atoms with Crippen LogP contribution >= 0.6 is 0 Å². The second-order valence-corrected chi connectivity index (χ2v) is 7.36. The number of piperidine rings is 1. The van der Waals surface area contributed by atoms with E-state index in [1.807, 2.05) is 17.9 Å². The van der Waals surface area contributed by atoms with Crippen molar-refractivity contribution >= 4 is 11.7 Å². The summed E-state index contributed by atoms with van der Waals surface area (Å²) in [6.07, 6.45) is 6.95. The molecule has 0 aromatic carbocycles. The Morgan fingerprint density at radius 2 is 1.93 bits per heavy atom. The van der Waals surface area contributed by atoms with Gasteiger partial charge in [-0.2, -0.15) is 0 Å². The first-order valence-corrected chi connectivity index (χ1v) is 9.63. The van der Waals surface area contributed by atoms with Crippen LogP contribution in [0.5, 0.6) is 0 Å². The molecule has 0 atom stereocenters. The maximum Gasteiger partial charge on any atom is 0.225 e. The number of piperazine rings is 1. The molecule has 8 nitrogen and oxygen atoms in total. The number of nitrogens with zero attached hydrogens (tertiary/aromatic N) is 6. The minimum absolute atomic E-state index is 0.126. The highest BCUT2D eigenvalue weighted by molar-refractivity contribution is 5.79. The quantitative estimate of drug-likeness (QED) is 0.803. The fourth-order valence-corrected chi connectivity index (χ4v) is 3.91. The molecule has 0 saturated carbocycles. The molecule has 2 aliphatic heterocycles. The van der Waals surface area contributed by atoms with Gasteiger partial charge < -0.3 is 14.3 Å². The third-order valence-corrected chi connectivity index (χ3v) is 5.46. The molecule has 144 valence electrons. The predicted octanol–water partition coefficient (Wildman–Crippen LogP) is 1.33. The van der Waals surface area contributed by atoms with Gasteiger partial charge in [0.25, 0.3) is 0 Å². The fourth-order valence-electron chi connectivity index (χ4n) is 3.91. The van der Waals surface area contributed by atoms with Crippen LogP contribution in [0.3, 0.4) is 0 Å². The van der Waals surface area contributed by atoms with E-state index in [0.717, 1.165) is 75.9 Å². The van der Waals surface area contributed by atoms with Gasteiger partial charge >= 0.3 is 0 Å². The van der Waals surface area contributed by atoms with Gasteiger partial charge in [0.05, 0.1) is 18.4 Å². The molecule has 2 fully saturated rings. The molecule has 2 aromatic heterocycles. The van der Waals surface area contributed by atoms with Crippen molar-refractivity contribution in [3.63, 3.8) is 0 Å². The van der Waals surface area contributed by atoms with Gasteiger partial charge in [0.15, 0.2) is 5.76 Å². The minimum Gasteiger partial charge on any atom is -0.360 e. The zero-order valence-corrected chi connectivity index (χ0v) is 15.8. The molecule has 2 saturated heterocycles. The van der Waals surface area contributed by atoms with Crippen molar-refractivity contribution < 1.29 is 9.32 Å². The lowest BCUT2D eigenvalue weighted by molar-refractivity contribution is -0.138. The van der Waals surface area contributed by atoms with Gasteiger partial charge in [0, 0.05) is 63.6 Å². The number of carbonyl (C=O) groups excluding carboxylic acids is 1. The van der Waals surface area contributed by atoms with E-state index in [4.69, 9.17) is 4.52 Å². The van der Waals surface area contributed by atoms with E-state index in [9.17, 15) is 4.79 Å². The predicted molar refractivity (Wildman–Crippen MR) is 100 cm³/mol. The Morgan fingerprint density at radius 1 is 1.15 bits per heavy atom. The zero-order chi connectivity index (χ0) is 18.6. The van der Waals surface area contributed by atoms with E-state index in [1.165, 1.54) is 0 Å². The summed E-state index contributed by atoms with van der Waals surface area (Å²) in [6, 6.07) is 1.97. The minimum atomic E-state index is 0.126. The van der Waals surface area contributed by atoms with Crippen LogP contribution in [-0.4, -0.2) is 70.1 Å². The summed E-state index contributed by atoms with van der Waals surface area (Å²) in [5.74, 6) is 2.23. The van der Waals surface area contributed by atoms with E-state index < -0.39 is 0 Å². The van der Waals surface area contributed by atoms with Crippen LogP contribution in [0.1, 0.15) is 24.3 Å². The topological polar surface area (TPSA) is 78.6 Å². The van der Waals surface area contributed by atoms with Gasteiger partial charge in [-0.1, -0.05) is 5.16 Å². The molecule has 27 heavy (non-hydrogen) atoms. The third kappa shape index (κ3) is 4.27. The molecule has 0 unspecified atom stereocenters. The lowest BCUT2D eigenvalue weighted by atomic mass is 9.95. The fraction of sp³-hybridized carbons (Fsp3) is 0.579. The molecule has 1 amide bonds. The Kier molecular flexibility index (Phi) is 5.33. The first-order chi connectivity index (χ1) is 13.2. The van der Waals surface area contributed by atoms with Gasteiger partial charge in [-0.15, -0.1) is 0 Å². The average Bonchev–Trinajstić information content (AvgIpc) is 3.13. The molecular weight excluding hydrogens is 344 g/mol. The largest absolute Gasteiger partial charge is 0.360 e. The first-order valence-electron chi connectivity index (χ1n) is 9.63. The van der Waals surface area contributed by atoms with Crippen molar-refractivity contribution in [2.24, 2.45) is 5.92 Å². The number of aryl methyl sites for hydroxylation is 1. The van der Waals surface area contributed by atoms with Crippen molar-refractivity contribution in [1.29, 1.82) is 0 Å². The van der Waals surface area contributed by atoms with Crippen LogP contribution in [0.2, 0.25) is 0 Å². The molecular formula is C19H26N6O2. The molecule has 4 rings (SSSR count). The summed E-state index contributed by atoms with van der Waals surface area (Å²) in [5.41, 5.74) is 0.909. The Labute approximate surface area is 159 Å². The summed E-state index contributed by atoms with van der Waals surface area (Å²) < 4.78 is 5.30. The second kappa shape index (κ2) is 8.04. The lowest BCUT2D eigenvalue weighted by Crippen LogP contribution is -2.51. The van der Waals surface area contributed by atoms with Crippen molar-refractivity contribution in [1.82, 2.24) is 24.9 Å². The maximum absolute atomic E-state index is 12.9. The number of carbonyl (C=O) groups is 1. The Morgan fingerprint density at radius 3 is 2.56 bits per heavy atom. The first kappa shape index (κ1) is 17.9. The Bertz CT molecular complexity index is 749. The summed E-state index contributed by atoms with van der Waals surface area (Å²) in [6.45, 7) is 7.75. The molecule has 2 aliphatic rings. The van der Waals surface area contributed by atoms with E-state index >= 15 is 0 Å². The zero-order valence-electron chi connectivity index (χ0n) is 15.8. The highest BCUT2D eigenvalue weighted by Crippen LogP contribution is 2.23. The summed E-state index contributed by atoms with van der Waals surface area (Å²) in [4.78, 5) is 28.0. The number of hydrogen-bond acceptors (Lipinski definition) is 7. The molecule has 4 heterocycles. The number of rotatable bonds is 4. The van der Waals surface area contributed by atoms with Crippen LogP contribution in [-0.2, 0) is 11.3 Å². The molecule has 0 aliphatic carbocycles. The summed E-state index contributed by atoms with van der Waals surface area (Å²) in [7, 11) is 0. The highest BCUT2D eigenvalue weighted by atomic mass is 16.5. The monoisotopic (exact) mass is 370 g/mol. The molecule has 2 aromatic rings. The van der Waals surface area contributed by atoms with Crippen LogP contribution in [0.25, 0.3) is 0 Å². The molecule has 0 N–H and O–H groups in total. The smallest absolute Gasteiger partial charge is 0.225 e. The van der Waals surface area contributed by atoms with Crippen molar-refractivity contribution in [2.45, 2.75) is 26.3 Å². The summed E-state index contributed by atoms with van der Waals surface area (Å²) in [5, 5.41) is 3.94. The number of amides is 1. The normalized spacial score (nSPS) is 19.4. The Hall–Kier alpha value is -2.48. The van der Waals surface area contributed by atoms with Gasteiger partial charge in [0.2, 0.25) is 5.91 Å². The number of aromatic nitrogens is 3. The van der Waals surface area contributed by atoms with E-state index in [-0.39, 0.29) is 5.92 Å². The molecule has 0 spiro atoms. The number of anilines is 1. The van der Waals surface area contributed by atoms with Gasteiger partial charge in [0.1, 0.15) is 5.82 Å². The van der Waals surface area contributed by atoms with Gasteiger partial charge in [-0.3, -0.25) is 14.7 Å². The molecule has 0 bridgehead atoms. The number of hydrogen-bond donors (Lipinski definition) is 0. The standard InChI is InChI=1S/C19H26N6O2/c1-15-12-17(27-22-15)14-23-8-10-25(11-9-23)19(26)16-2-6-24(7-3-16)18-13-20-4-5-21-18/h4-5,12-13,16H,2-3,6-11,14H2,1H3. The van der Waals surface area contributed by atoms with Crippen molar-refractivity contribution in [3.05, 3.63) is 36.1 Å². The molecule has 0 radical (unpaired) electrons. The van der Waals surface area contributed by atoms with E-state index in [1.54, 1.807) is 18.6 Å². The Balaban J connectivity index is 1.24. The van der Waals surface area contributed by atoms with Crippen LogP contribution in [0.4, 0.5) is 5.82 Å². The van der Waals surface area contributed by atoms with Gasteiger partial charge in [-0.25, -0.2) is 4.98 Å². The third-order valence-electron chi connectivity index (χ3n) is 5.46. The SMILES string of the molecule is Cc1cc(CN2CCN(C(=O)C3CCN(c4cnccn4)CC3)CC2)on1. The average molecular weight is 370 g/mol. The van der Waals surface area contributed by atoms with Crippen LogP contribution in [0.15, 0.2) is 29.2 Å². The second-order valence-electron chi connectivity index (χ2n) is 7.36. The van der Waals surface area contributed by atoms with Crippen molar-refractivity contribution in [2.75, 3.05) is 44.2 Å². The highest BCUT2D eigenvalue weighted by Gasteiger charge is 2.31.